The van der Waals surface area contributed by atoms with Crippen molar-refractivity contribution in [2.24, 2.45) is 0 Å². The Balaban J connectivity index is 1.71. The van der Waals surface area contributed by atoms with Crippen LogP contribution in [-0.4, -0.2) is 35.8 Å². The van der Waals surface area contributed by atoms with Gasteiger partial charge in [-0.3, -0.25) is 0 Å². The second-order valence-corrected chi connectivity index (χ2v) is 7.69. The Bertz CT molecular complexity index is 786. The van der Waals surface area contributed by atoms with Crippen molar-refractivity contribution in [3.8, 4) is 0 Å². The minimum atomic E-state index is 0.276. The molecule has 3 atom stereocenters. The highest BCUT2D eigenvalue weighted by molar-refractivity contribution is 5.65. The van der Waals surface area contributed by atoms with E-state index in [9.17, 15) is 0 Å². The molecule has 0 spiro atoms. The lowest BCUT2D eigenvalue weighted by atomic mass is 9.93. The van der Waals surface area contributed by atoms with Crippen LogP contribution in [0, 0.1) is 0 Å². The van der Waals surface area contributed by atoms with Crippen molar-refractivity contribution in [3.05, 3.63) is 58.7 Å². The number of nitrogens with zero attached hydrogens (tertiary/aromatic N) is 1. The molecule has 4 heteroatoms. The fraction of sp³-hybridized carbons (Fsp3) is 0.500. The summed E-state index contributed by atoms with van der Waals surface area (Å²) in [6, 6.07) is 8.99. The summed E-state index contributed by atoms with van der Waals surface area (Å²) in [6.45, 7) is 9.19. The van der Waals surface area contributed by atoms with Gasteiger partial charge in [0, 0.05) is 30.1 Å². The average Bonchev–Trinajstić information content (AvgIpc) is 3.27. The van der Waals surface area contributed by atoms with E-state index in [-0.39, 0.29) is 5.92 Å². The second-order valence-electron chi connectivity index (χ2n) is 7.69. The summed E-state index contributed by atoms with van der Waals surface area (Å²) in [5, 5.41) is 3.61. The number of H-pyrrole nitrogens is 1. The molecule has 2 heterocycles. The first-order valence-corrected chi connectivity index (χ1v) is 9.87. The van der Waals surface area contributed by atoms with Crippen LogP contribution < -0.4 is 5.32 Å². The van der Waals surface area contributed by atoms with E-state index in [1.807, 2.05) is 0 Å². The zero-order valence-electron chi connectivity index (χ0n) is 16.0. The van der Waals surface area contributed by atoms with E-state index in [0.717, 1.165) is 32.0 Å². The highest BCUT2D eigenvalue weighted by Crippen LogP contribution is 2.38. The first-order valence-electron chi connectivity index (χ1n) is 9.87. The number of aromatic nitrogens is 2. The predicted molar refractivity (Wildman–Crippen MR) is 106 cm³/mol. The summed E-state index contributed by atoms with van der Waals surface area (Å²) in [4.78, 5) is 8.82. The van der Waals surface area contributed by atoms with E-state index in [1.54, 1.807) is 0 Å². The molecule has 1 aliphatic carbocycles. The molecule has 1 aromatic heterocycles. The van der Waals surface area contributed by atoms with Gasteiger partial charge in [0.05, 0.1) is 18.9 Å². The van der Waals surface area contributed by atoms with Gasteiger partial charge in [0.15, 0.2) is 0 Å². The molecule has 2 aliphatic rings. The maximum atomic E-state index is 5.70. The van der Waals surface area contributed by atoms with Gasteiger partial charge >= 0.3 is 0 Å². The normalized spacial score (nSPS) is 23.4. The summed E-state index contributed by atoms with van der Waals surface area (Å²) in [6.07, 6.45) is 5.58. The minimum absolute atomic E-state index is 0.276. The Morgan fingerprint density at radius 1 is 1.27 bits per heavy atom. The van der Waals surface area contributed by atoms with Crippen LogP contribution in [0.15, 0.2) is 30.3 Å². The molecule has 0 amide bonds. The van der Waals surface area contributed by atoms with Crippen molar-refractivity contribution in [2.45, 2.75) is 51.0 Å². The van der Waals surface area contributed by atoms with Crippen LogP contribution in [0.2, 0.25) is 0 Å². The van der Waals surface area contributed by atoms with Crippen molar-refractivity contribution in [3.63, 3.8) is 0 Å². The van der Waals surface area contributed by atoms with Crippen molar-refractivity contribution >= 4 is 6.08 Å². The number of morpholine rings is 1. The lowest BCUT2D eigenvalue weighted by molar-refractivity contribution is 0.0663. The van der Waals surface area contributed by atoms with Crippen LogP contribution in [0.5, 0.6) is 0 Å². The molecular weight excluding hydrogens is 322 g/mol. The number of fused-ring (bicyclic) bond motifs is 1. The fourth-order valence-corrected chi connectivity index (χ4v) is 4.29. The van der Waals surface area contributed by atoms with Crippen LogP contribution in [0.25, 0.3) is 6.08 Å². The molecular formula is C22H29N3O. The van der Waals surface area contributed by atoms with E-state index in [4.69, 9.17) is 9.72 Å². The number of ether oxygens (including phenoxy) is 1. The van der Waals surface area contributed by atoms with Crippen LogP contribution in [0.4, 0.5) is 0 Å². The predicted octanol–water partition coefficient (Wildman–Crippen LogP) is 4.17. The molecule has 1 fully saturated rings. The maximum Gasteiger partial charge on any atom is 0.111 e. The topological polar surface area (TPSA) is 49.9 Å². The number of hydrogen-bond acceptors (Lipinski definition) is 3. The average molecular weight is 351 g/mol. The van der Waals surface area contributed by atoms with Gasteiger partial charge in [0.2, 0.25) is 0 Å². The summed E-state index contributed by atoms with van der Waals surface area (Å²) < 4.78 is 5.70. The van der Waals surface area contributed by atoms with E-state index < -0.39 is 0 Å². The molecule has 1 aromatic carbocycles. The number of allylic oxidation sites excluding steroid dienone is 1. The van der Waals surface area contributed by atoms with Gasteiger partial charge in [-0.25, -0.2) is 4.98 Å². The Hall–Kier alpha value is -1.91. The minimum Gasteiger partial charge on any atom is -0.378 e. The third-order valence-electron chi connectivity index (χ3n) is 5.66. The summed E-state index contributed by atoms with van der Waals surface area (Å²) in [5.41, 5.74) is 5.14. The zero-order valence-corrected chi connectivity index (χ0v) is 16.0. The molecule has 1 saturated heterocycles. The molecule has 0 radical (unpaired) electrons. The summed E-state index contributed by atoms with van der Waals surface area (Å²) in [7, 11) is 0. The first-order chi connectivity index (χ1) is 12.7. The molecule has 2 N–H and O–H groups in total. The third kappa shape index (κ3) is 3.12. The summed E-state index contributed by atoms with van der Waals surface area (Å²) >= 11 is 0. The Morgan fingerprint density at radius 2 is 2.12 bits per heavy atom. The number of hydrogen-bond donors (Lipinski definition) is 2. The standard InChI is InChI=1S/C22H29N3O/c1-4-16(19-13-26-12-11-23-19)22-24-20(14(2)3)21(25-22)18-10-9-15-7-5-6-8-17(15)18/h5-10,14,16,18-19,23H,4,11-13H2,1-3H3,(H,24,25). The van der Waals surface area contributed by atoms with E-state index in [0.29, 0.717) is 17.9 Å². The summed E-state index contributed by atoms with van der Waals surface area (Å²) in [5.74, 6) is 2.12. The molecule has 3 unspecified atom stereocenters. The van der Waals surface area contributed by atoms with Crippen molar-refractivity contribution in [1.82, 2.24) is 15.3 Å². The number of benzene rings is 1. The van der Waals surface area contributed by atoms with Crippen molar-refractivity contribution < 1.29 is 4.74 Å². The van der Waals surface area contributed by atoms with E-state index >= 15 is 0 Å². The molecule has 4 nitrogen and oxygen atoms in total. The van der Waals surface area contributed by atoms with Gasteiger partial charge < -0.3 is 15.0 Å². The van der Waals surface area contributed by atoms with E-state index in [1.165, 1.54) is 22.5 Å². The monoisotopic (exact) mass is 351 g/mol. The number of rotatable bonds is 5. The van der Waals surface area contributed by atoms with Gasteiger partial charge in [-0.15, -0.1) is 0 Å². The molecule has 26 heavy (non-hydrogen) atoms. The third-order valence-corrected chi connectivity index (χ3v) is 5.66. The lowest BCUT2D eigenvalue weighted by Crippen LogP contribution is -2.45. The van der Waals surface area contributed by atoms with Gasteiger partial charge in [-0.2, -0.15) is 0 Å². The van der Waals surface area contributed by atoms with Gasteiger partial charge in [0.25, 0.3) is 0 Å². The smallest absolute Gasteiger partial charge is 0.111 e. The molecule has 2 aromatic rings. The highest BCUT2D eigenvalue weighted by Gasteiger charge is 2.30. The van der Waals surface area contributed by atoms with Gasteiger partial charge in [0.1, 0.15) is 5.82 Å². The maximum absolute atomic E-state index is 5.70. The van der Waals surface area contributed by atoms with Gasteiger partial charge in [-0.1, -0.05) is 57.2 Å². The van der Waals surface area contributed by atoms with E-state index in [2.05, 4.69) is 67.5 Å². The number of aromatic amines is 1. The van der Waals surface area contributed by atoms with Crippen LogP contribution in [0.1, 0.15) is 73.3 Å². The molecule has 138 valence electrons. The Labute approximate surface area is 156 Å². The second kappa shape index (κ2) is 7.37. The quantitative estimate of drug-likeness (QED) is 0.850. The SMILES string of the molecule is CCC(c1nc(C(C)C)c(C2C=Cc3ccccc32)[nH]1)C1COCCN1. The molecule has 0 saturated carbocycles. The van der Waals surface area contributed by atoms with Crippen LogP contribution in [0.3, 0.4) is 0 Å². The Morgan fingerprint density at radius 3 is 2.85 bits per heavy atom. The molecule has 0 bridgehead atoms. The fourth-order valence-electron chi connectivity index (χ4n) is 4.29. The van der Waals surface area contributed by atoms with Crippen molar-refractivity contribution in [2.75, 3.05) is 19.8 Å². The zero-order chi connectivity index (χ0) is 18.1. The molecule has 4 rings (SSSR count). The Kier molecular flexibility index (Phi) is 4.96. The molecule has 1 aliphatic heterocycles. The number of nitrogens with one attached hydrogen (secondary N) is 2. The van der Waals surface area contributed by atoms with Gasteiger partial charge in [-0.05, 0) is 23.5 Å². The highest BCUT2D eigenvalue weighted by atomic mass is 16.5. The van der Waals surface area contributed by atoms with Crippen LogP contribution >= 0.6 is 0 Å². The van der Waals surface area contributed by atoms with Crippen molar-refractivity contribution in [1.29, 1.82) is 0 Å². The van der Waals surface area contributed by atoms with Crippen LogP contribution in [-0.2, 0) is 4.74 Å². The lowest BCUT2D eigenvalue weighted by Gasteiger charge is -2.29. The first kappa shape index (κ1) is 17.5. The largest absolute Gasteiger partial charge is 0.378 e. The number of imidazole rings is 1.